The first kappa shape index (κ1) is 14.9. The van der Waals surface area contributed by atoms with Crippen molar-refractivity contribution in [3.63, 3.8) is 0 Å². The van der Waals surface area contributed by atoms with Crippen molar-refractivity contribution in [2.24, 2.45) is 0 Å². The molecule has 1 saturated heterocycles. The number of aromatic nitrogens is 1. The number of carbonyl (C=O) groups is 1. The van der Waals surface area contributed by atoms with Crippen LogP contribution in [0.4, 0.5) is 0 Å². The Balaban J connectivity index is 2.07. The summed E-state index contributed by atoms with van der Waals surface area (Å²) in [6, 6.07) is 3.12. The number of likely N-dealkylation sites (N-methyl/N-ethyl adjacent to an activating group) is 1. The third kappa shape index (κ3) is 3.34. The lowest BCUT2D eigenvalue weighted by Crippen LogP contribution is -2.45. The number of pyridine rings is 1. The monoisotopic (exact) mass is 297 g/mol. The van der Waals surface area contributed by atoms with Crippen LogP contribution >= 0.6 is 0 Å². The van der Waals surface area contributed by atoms with Crippen LogP contribution in [0.25, 0.3) is 0 Å². The van der Waals surface area contributed by atoms with E-state index in [0.29, 0.717) is 19.5 Å². The molecule has 2 heterocycles. The molecule has 0 N–H and O–H groups in total. The minimum Gasteiger partial charge on any atom is -0.340 e. The van der Waals surface area contributed by atoms with Crippen molar-refractivity contribution in [2.75, 3.05) is 19.8 Å². The van der Waals surface area contributed by atoms with Gasteiger partial charge in [-0.2, -0.15) is 4.31 Å². The van der Waals surface area contributed by atoms with Crippen molar-refractivity contribution in [1.29, 1.82) is 0 Å². The van der Waals surface area contributed by atoms with Crippen molar-refractivity contribution in [3.05, 3.63) is 30.1 Å². The summed E-state index contributed by atoms with van der Waals surface area (Å²) in [6.07, 6.45) is 5.82. The van der Waals surface area contributed by atoms with E-state index in [1.165, 1.54) is 4.31 Å². The standard InChI is InChI=1S/C13H19N3O3S/c1-15(10-11-5-7-14-8-6-11)13(17)12-4-3-9-16(12)20(2,18)19/h5-8,12H,3-4,9-10H2,1-2H3. The molecule has 2 rings (SSSR count). The van der Waals surface area contributed by atoms with Gasteiger partial charge in [-0.3, -0.25) is 9.78 Å². The molecule has 0 spiro atoms. The van der Waals surface area contributed by atoms with E-state index in [1.807, 2.05) is 12.1 Å². The lowest BCUT2D eigenvalue weighted by atomic mass is 10.2. The van der Waals surface area contributed by atoms with Crippen molar-refractivity contribution in [2.45, 2.75) is 25.4 Å². The van der Waals surface area contributed by atoms with Crippen LogP contribution < -0.4 is 0 Å². The number of hydrogen-bond donors (Lipinski definition) is 0. The van der Waals surface area contributed by atoms with Crippen LogP contribution in [0.2, 0.25) is 0 Å². The minimum absolute atomic E-state index is 0.148. The van der Waals surface area contributed by atoms with Crippen LogP contribution in [0.15, 0.2) is 24.5 Å². The van der Waals surface area contributed by atoms with Crippen LogP contribution in [-0.4, -0.2) is 54.4 Å². The summed E-state index contributed by atoms with van der Waals surface area (Å²) in [5.41, 5.74) is 0.972. The molecule has 1 aliphatic rings. The molecule has 7 heteroatoms. The van der Waals surface area contributed by atoms with E-state index in [0.717, 1.165) is 18.2 Å². The molecule has 6 nitrogen and oxygen atoms in total. The molecule has 0 aromatic carbocycles. The summed E-state index contributed by atoms with van der Waals surface area (Å²) in [7, 11) is -1.63. The quantitative estimate of drug-likeness (QED) is 0.810. The fraction of sp³-hybridized carbons (Fsp3) is 0.538. The molecule has 1 amide bonds. The summed E-state index contributed by atoms with van der Waals surface area (Å²) < 4.78 is 24.7. The Bertz CT molecular complexity index is 574. The first-order chi connectivity index (χ1) is 9.39. The van der Waals surface area contributed by atoms with Gasteiger partial charge < -0.3 is 4.90 Å². The normalized spacial score (nSPS) is 20.0. The van der Waals surface area contributed by atoms with E-state index < -0.39 is 16.1 Å². The van der Waals surface area contributed by atoms with Gasteiger partial charge in [0.05, 0.1) is 6.26 Å². The maximum atomic E-state index is 12.4. The first-order valence-electron chi connectivity index (χ1n) is 6.50. The Hall–Kier alpha value is -1.47. The highest BCUT2D eigenvalue weighted by Crippen LogP contribution is 2.22. The molecule has 1 aromatic rings. The van der Waals surface area contributed by atoms with Crippen LogP contribution in [0.1, 0.15) is 18.4 Å². The Morgan fingerprint density at radius 2 is 2.10 bits per heavy atom. The maximum Gasteiger partial charge on any atom is 0.241 e. The highest BCUT2D eigenvalue weighted by molar-refractivity contribution is 7.88. The van der Waals surface area contributed by atoms with Gasteiger partial charge in [0.2, 0.25) is 15.9 Å². The molecule has 1 atom stereocenters. The van der Waals surface area contributed by atoms with Gasteiger partial charge in [0.1, 0.15) is 6.04 Å². The number of rotatable bonds is 4. The first-order valence-corrected chi connectivity index (χ1v) is 8.35. The van der Waals surface area contributed by atoms with Crippen molar-refractivity contribution < 1.29 is 13.2 Å². The SMILES string of the molecule is CN(Cc1ccncc1)C(=O)C1CCCN1S(C)(=O)=O. The van der Waals surface area contributed by atoms with Gasteiger partial charge in [0, 0.05) is 32.5 Å². The number of carbonyl (C=O) groups excluding carboxylic acids is 1. The Kier molecular flexibility index (Phi) is 4.39. The van der Waals surface area contributed by atoms with Gasteiger partial charge in [-0.25, -0.2) is 8.42 Å². The van der Waals surface area contributed by atoms with Gasteiger partial charge in [-0.05, 0) is 30.5 Å². The highest BCUT2D eigenvalue weighted by Gasteiger charge is 2.37. The zero-order chi connectivity index (χ0) is 14.8. The zero-order valence-electron chi connectivity index (χ0n) is 11.7. The van der Waals surface area contributed by atoms with Crippen molar-refractivity contribution >= 4 is 15.9 Å². The number of nitrogens with zero attached hydrogens (tertiary/aromatic N) is 3. The van der Waals surface area contributed by atoms with E-state index >= 15 is 0 Å². The summed E-state index contributed by atoms with van der Waals surface area (Å²) >= 11 is 0. The molecule has 110 valence electrons. The predicted octanol–water partition coefficient (Wildman–Crippen LogP) is 0.464. The van der Waals surface area contributed by atoms with Crippen LogP contribution in [0.5, 0.6) is 0 Å². The van der Waals surface area contributed by atoms with Gasteiger partial charge in [0.25, 0.3) is 0 Å². The molecular formula is C13H19N3O3S. The smallest absolute Gasteiger partial charge is 0.241 e. The van der Waals surface area contributed by atoms with E-state index in [2.05, 4.69) is 4.98 Å². The van der Waals surface area contributed by atoms with E-state index in [-0.39, 0.29) is 5.91 Å². The van der Waals surface area contributed by atoms with Crippen molar-refractivity contribution in [1.82, 2.24) is 14.2 Å². The molecule has 0 bridgehead atoms. The lowest BCUT2D eigenvalue weighted by Gasteiger charge is -2.26. The van der Waals surface area contributed by atoms with E-state index in [1.54, 1.807) is 24.3 Å². The van der Waals surface area contributed by atoms with Gasteiger partial charge >= 0.3 is 0 Å². The van der Waals surface area contributed by atoms with Crippen LogP contribution in [0, 0.1) is 0 Å². The third-order valence-electron chi connectivity index (χ3n) is 3.46. The van der Waals surface area contributed by atoms with Crippen molar-refractivity contribution in [3.8, 4) is 0 Å². The molecule has 20 heavy (non-hydrogen) atoms. The van der Waals surface area contributed by atoms with Crippen LogP contribution in [-0.2, 0) is 21.4 Å². The summed E-state index contributed by atoms with van der Waals surface area (Å²) in [6.45, 7) is 0.883. The molecule has 1 aromatic heterocycles. The molecule has 1 fully saturated rings. The summed E-state index contributed by atoms with van der Waals surface area (Å²) in [5, 5.41) is 0. The second kappa shape index (κ2) is 5.88. The third-order valence-corrected chi connectivity index (χ3v) is 4.75. The summed E-state index contributed by atoms with van der Waals surface area (Å²) in [4.78, 5) is 17.9. The Morgan fingerprint density at radius 3 is 2.70 bits per heavy atom. The molecule has 1 aliphatic heterocycles. The van der Waals surface area contributed by atoms with Gasteiger partial charge in [-0.15, -0.1) is 0 Å². The average molecular weight is 297 g/mol. The second-order valence-electron chi connectivity index (χ2n) is 5.08. The number of amides is 1. The highest BCUT2D eigenvalue weighted by atomic mass is 32.2. The predicted molar refractivity (Wildman–Crippen MR) is 75.3 cm³/mol. The Morgan fingerprint density at radius 1 is 1.45 bits per heavy atom. The second-order valence-corrected chi connectivity index (χ2v) is 7.02. The number of hydrogen-bond acceptors (Lipinski definition) is 4. The fourth-order valence-corrected chi connectivity index (χ4v) is 3.60. The summed E-state index contributed by atoms with van der Waals surface area (Å²) in [5.74, 6) is -0.148. The average Bonchev–Trinajstić information content (AvgIpc) is 2.88. The maximum absolute atomic E-state index is 12.4. The Labute approximate surface area is 119 Å². The van der Waals surface area contributed by atoms with E-state index in [9.17, 15) is 13.2 Å². The largest absolute Gasteiger partial charge is 0.340 e. The zero-order valence-corrected chi connectivity index (χ0v) is 12.5. The molecule has 1 unspecified atom stereocenters. The van der Waals surface area contributed by atoms with E-state index in [4.69, 9.17) is 0 Å². The van der Waals surface area contributed by atoms with Gasteiger partial charge in [-0.1, -0.05) is 0 Å². The molecular weight excluding hydrogens is 278 g/mol. The fourth-order valence-electron chi connectivity index (χ4n) is 2.48. The molecule has 0 radical (unpaired) electrons. The van der Waals surface area contributed by atoms with Gasteiger partial charge in [0.15, 0.2) is 0 Å². The topological polar surface area (TPSA) is 70.6 Å². The lowest BCUT2D eigenvalue weighted by molar-refractivity contribution is -0.133. The molecule has 0 aliphatic carbocycles. The number of sulfonamides is 1. The van der Waals surface area contributed by atoms with Crippen LogP contribution in [0.3, 0.4) is 0 Å². The minimum atomic E-state index is -3.33. The molecule has 0 saturated carbocycles.